The van der Waals surface area contributed by atoms with E-state index in [-0.39, 0.29) is 49.1 Å². The molecule has 0 aromatic heterocycles. The number of carboxylic acid groups (broad SMARTS) is 1. The second-order valence-electron chi connectivity index (χ2n) is 14.5. The van der Waals surface area contributed by atoms with E-state index in [4.69, 9.17) is 14.2 Å². The van der Waals surface area contributed by atoms with E-state index in [0.717, 1.165) is 32.1 Å². The van der Waals surface area contributed by atoms with Crippen molar-refractivity contribution >= 4 is 17.9 Å². The number of carbonyl (C=O) groups is 3. The Balaban J connectivity index is 4.28. The first-order valence-corrected chi connectivity index (χ1v) is 19.9. The molecule has 8 nitrogen and oxygen atoms in total. The van der Waals surface area contributed by atoms with E-state index >= 15 is 0 Å². The molecular formula is C41H75NO7. The highest BCUT2D eigenvalue weighted by molar-refractivity contribution is 5.70. The molecule has 0 heterocycles. The highest BCUT2D eigenvalue weighted by Gasteiger charge is 2.25. The van der Waals surface area contributed by atoms with E-state index < -0.39 is 18.1 Å². The molecule has 2 unspecified atom stereocenters. The molecule has 2 atom stereocenters. The molecule has 286 valence electrons. The number of hydrogen-bond donors (Lipinski definition) is 0. The Morgan fingerprint density at radius 2 is 1.14 bits per heavy atom. The van der Waals surface area contributed by atoms with Gasteiger partial charge in [-0.3, -0.25) is 9.59 Å². The van der Waals surface area contributed by atoms with E-state index in [1.165, 1.54) is 96.3 Å². The molecule has 0 aromatic rings. The molecule has 0 aliphatic rings. The largest absolute Gasteiger partial charge is 0.544 e. The van der Waals surface area contributed by atoms with Gasteiger partial charge in [-0.05, 0) is 25.7 Å². The maximum Gasteiger partial charge on any atom is 0.306 e. The van der Waals surface area contributed by atoms with Crippen LogP contribution >= 0.6 is 0 Å². The third kappa shape index (κ3) is 31.5. The third-order valence-corrected chi connectivity index (χ3v) is 8.87. The van der Waals surface area contributed by atoms with Crippen LogP contribution in [0.3, 0.4) is 0 Å². The van der Waals surface area contributed by atoms with Gasteiger partial charge in [-0.2, -0.15) is 0 Å². The van der Waals surface area contributed by atoms with Gasteiger partial charge in [-0.25, -0.2) is 0 Å². The van der Waals surface area contributed by atoms with Crippen molar-refractivity contribution in [1.82, 2.24) is 0 Å². The van der Waals surface area contributed by atoms with Crippen molar-refractivity contribution in [1.29, 1.82) is 0 Å². The summed E-state index contributed by atoms with van der Waals surface area (Å²) in [6, 6.07) is -0.728. The van der Waals surface area contributed by atoms with Crippen LogP contribution in [0.1, 0.15) is 168 Å². The Labute approximate surface area is 301 Å². The second-order valence-corrected chi connectivity index (χ2v) is 14.5. The van der Waals surface area contributed by atoms with Gasteiger partial charge in [0.2, 0.25) is 0 Å². The molecule has 0 rings (SSSR count). The van der Waals surface area contributed by atoms with Gasteiger partial charge >= 0.3 is 11.9 Å². The number of likely N-dealkylation sites (N-methyl/N-ethyl adjacent to an activating group) is 1. The van der Waals surface area contributed by atoms with E-state index in [2.05, 4.69) is 26.0 Å². The summed E-state index contributed by atoms with van der Waals surface area (Å²) in [6.07, 6.45) is 33.9. The fraction of sp³-hybridized carbons (Fsp3) is 0.829. The zero-order valence-electron chi connectivity index (χ0n) is 32.4. The van der Waals surface area contributed by atoms with Gasteiger partial charge in [-0.15, -0.1) is 0 Å². The fourth-order valence-corrected chi connectivity index (χ4v) is 5.78. The van der Waals surface area contributed by atoms with Gasteiger partial charge in [-0.1, -0.05) is 147 Å². The second kappa shape index (κ2) is 33.0. The average molecular weight is 694 g/mol. The summed E-state index contributed by atoms with van der Waals surface area (Å²) >= 11 is 0. The van der Waals surface area contributed by atoms with Crippen molar-refractivity contribution in [2.24, 2.45) is 0 Å². The maximum atomic E-state index is 12.6. The van der Waals surface area contributed by atoms with Crippen molar-refractivity contribution in [3.05, 3.63) is 24.3 Å². The third-order valence-electron chi connectivity index (χ3n) is 8.87. The summed E-state index contributed by atoms with van der Waals surface area (Å²) in [6.45, 7) is 4.45. The average Bonchev–Trinajstić information content (AvgIpc) is 3.05. The summed E-state index contributed by atoms with van der Waals surface area (Å²) in [7, 11) is 5.38. The molecule has 0 bridgehead atoms. The Bertz CT molecular complexity index is 864. The number of aliphatic carboxylic acids is 1. The van der Waals surface area contributed by atoms with Crippen molar-refractivity contribution in [2.75, 3.05) is 41.0 Å². The minimum absolute atomic E-state index is 0.0265. The molecule has 0 spiro atoms. The topological polar surface area (TPSA) is 102 Å². The molecule has 0 saturated heterocycles. The zero-order valence-corrected chi connectivity index (χ0v) is 32.4. The van der Waals surface area contributed by atoms with Crippen LogP contribution in [0.25, 0.3) is 0 Å². The molecule has 8 heteroatoms. The number of allylic oxidation sites excluding steroid dienone is 4. The Hall–Kier alpha value is -2.19. The van der Waals surface area contributed by atoms with E-state index in [1.54, 1.807) is 21.1 Å². The first-order valence-electron chi connectivity index (χ1n) is 19.9. The van der Waals surface area contributed by atoms with Crippen LogP contribution < -0.4 is 5.11 Å². The van der Waals surface area contributed by atoms with Gasteiger partial charge < -0.3 is 28.6 Å². The number of hydrogen-bond acceptors (Lipinski definition) is 7. The number of carbonyl (C=O) groups excluding carboxylic acids is 3. The molecule has 0 aliphatic heterocycles. The normalized spacial score (nSPS) is 13.2. The number of unbranched alkanes of at least 4 members (excludes halogenated alkanes) is 17. The van der Waals surface area contributed by atoms with Gasteiger partial charge in [0.05, 0.1) is 40.3 Å². The maximum absolute atomic E-state index is 12.6. The van der Waals surface area contributed by atoms with Crippen molar-refractivity contribution in [2.45, 2.75) is 180 Å². The van der Waals surface area contributed by atoms with E-state index in [0.29, 0.717) is 12.8 Å². The minimum Gasteiger partial charge on any atom is -0.544 e. The van der Waals surface area contributed by atoms with Gasteiger partial charge in [0.25, 0.3) is 0 Å². The zero-order chi connectivity index (χ0) is 36.4. The van der Waals surface area contributed by atoms with E-state index in [9.17, 15) is 19.5 Å². The fourth-order valence-electron chi connectivity index (χ4n) is 5.78. The number of ether oxygens (including phenoxy) is 3. The minimum atomic E-state index is -1.13. The summed E-state index contributed by atoms with van der Waals surface area (Å²) in [4.78, 5) is 36.5. The predicted molar refractivity (Wildman–Crippen MR) is 199 cm³/mol. The Morgan fingerprint density at radius 1 is 0.633 bits per heavy atom. The molecule has 0 saturated carbocycles. The van der Waals surface area contributed by atoms with Gasteiger partial charge in [0, 0.05) is 19.3 Å². The predicted octanol–water partition coefficient (Wildman–Crippen LogP) is 8.80. The summed E-state index contributed by atoms with van der Waals surface area (Å²) in [5.74, 6) is -1.82. The van der Waals surface area contributed by atoms with Crippen LogP contribution in [0.15, 0.2) is 24.3 Å². The van der Waals surface area contributed by atoms with Crippen LogP contribution in [0, 0.1) is 0 Å². The molecule has 0 amide bonds. The van der Waals surface area contributed by atoms with Crippen LogP contribution in [0.2, 0.25) is 0 Å². The van der Waals surface area contributed by atoms with Gasteiger partial charge in [0.1, 0.15) is 12.6 Å². The molecular weight excluding hydrogens is 618 g/mol. The smallest absolute Gasteiger partial charge is 0.306 e. The summed E-state index contributed by atoms with van der Waals surface area (Å²) < 4.78 is 17.0. The van der Waals surface area contributed by atoms with E-state index in [1.807, 2.05) is 12.2 Å². The molecule has 0 fully saturated rings. The monoisotopic (exact) mass is 694 g/mol. The highest BCUT2D eigenvalue weighted by atomic mass is 16.6. The molecule has 0 aliphatic carbocycles. The Kier molecular flexibility index (Phi) is 31.5. The first-order chi connectivity index (χ1) is 23.6. The lowest BCUT2D eigenvalue weighted by atomic mass is 10.0. The lowest BCUT2D eigenvalue weighted by Crippen LogP contribution is -2.55. The first kappa shape index (κ1) is 46.8. The summed E-state index contributed by atoms with van der Waals surface area (Å²) in [5, 5.41) is 11.6. The number of nitrogens with zero attached hydrogens (tertiary/aromatic N) is 1. The van der Waals surface area contributed by atoms with Gasteiger partial charge in [0.15, 0.2) is 6.10 Å². The standard InChI is InChI=1S/C41H75NO7/c1-6-8-10-12-14-15-16-17-18-19-20-21-22-23-24-26-28-30-32-40(44)49-37(35-47-34-33-38(41(45)46)42(3,4)5)36-48-39(43)31-29-27-25-13-11-9-7-2/h9,11,25,27,37-38H,6-8,10,12-24,26,28-36H2,1-5H3/b11-9+,27-25+. The van der Waals surface area contributed by atoms with Crippen LogP contribution in [0.4, 0.5) is 0 Å². The summed E-state index contributed by atoms with van der Waals surface area (Å²) in [5.41, 5.74) is 0. The Morgan fingerprint density at radius 3 is 1.63 bits per heavy atom. The molecule has 49 heavy (non-hydrogen) atoms. The van der Waals surface area contributed by atoms with Crippen LogP contribution in [0.5, 0.6) is 0 Å². The van der Waals surface area contributed by atoms with Crippen LogP contribution in [-0.2, 0) is 28.6 Å². The number of esters is 2. The quantitative estimate of drug-likeness (QED) is 0.0283. The molecule has 0 radical (unpaired) electrons. The number of rotatable bonds is 35. The lowest BCUT2D eigenvalue weighted by Gasteiger charge is -2.34. The number of quaternary nitrogens is 1. The SMILES string of the molecule is CC/C=C/C/C=C/CCC(=O)OCC(COCCC(C(=O)[O-])[N+](C)(C)C)OC(=O)CCCCCCCCCCCCCCCCCCCC. The van der Waals surface area contributed by atoms with Crippen molar-refractivity contribution in [3.63, 3.8) is 0 Å². The van der Waals surface area contributed by atoms with Crippen molar-refractivity contribution in [3.8, 4) is 0 Å². The molecule has 0 N–H and O–H groups in total. The van der Waals surface area contributed by atoms with Crippen LogP contribution in [-0.4, -0.2) is 75.5 Å². The molecule has 0 aromatic carbocycles. The lowest BCUT2D eigenvalue weighted by molar-refractivity contribution is -0.889. The number of carboxylic acids is 1. The highest BCUT2D eigenvalue weighted by Crippen LogP contribution is 2.15. The van der Waals surface area contributed by atoms with Crippen molar-refractivity contribution < 1.29 is 38.2 Å².